The molecule has 22 heavy (non-hydrogen) atoms. The largest absolute Gasteiger partial charge is 0.477 e. The fourth-order valence-corrected chi connectivity index (χ4v) is 2.47. The van der Waals surface area contributed by atoms with Gasteiger partial charge in [-0.15, -0.1) is 0 Å². The summed E-state index contributed by atoms with van der Waals surface area (Å²) in [6.07, 6.45) is 0.259. The molecule has 0 spiro atoms. The maximum absolute atomic E-state index is 9.30. The minimum absolute atomic E-state index is 0.351. The number of nitrogens with zero attached hydrogens (tertiary/aromatic N) is 1. The second-order valence-corrected chi connectivity index (χ2v) is 5.98. The zero-order valence-corrected chi connectivity index (χ0v) is 14.1. The summed E-state index contributed by atoms with van der Waals surface area (Å²) in [4.78, 5) is 4.61. The summed E-state index contributed by atoms with van der Waals surface area (Å²) in [5.41, 5.74) is 6.94. The number of pyridine rings is 1. The second-order valence-electron chi connectivity index (χ2n) is 5.98. The summed E-state index contributed by atoms with van der Waals surface area (Å²) in [7, 11) is 0. The lowest BCUT2D eigenvalue weighted by Gasteiger charge is -2.15. The number of rotatable bonds is 5. The monoisotopic (exact) mass is 299 g/mol. The van der Waals surface area contributed by atoms with Gasteiger partial charge in [0, 0.05) is 23.2 Å². The van der Waals surface area contributed by atoms with Gasteiger partial charge in [-0.3, -0.25) is 0 Å². The van der Waals surface area contributed by atoms with E-state index in [0.29, 0.717) is 18.9 Å². The van der Waals surface area contributed by atoms with E-state index in [1.165, 1.54) is 16.7 Å². The number of aryl methyl sites for hydroxylation is 3. The number of hydrogen-bond acceptors (Lipinski definition) is 3. The lowest BCUT2D eigenvalue weighted by molar-refractivity contribution is 0.153. The minimum Gasteiger partial charge on any atom is -0.477 e. The van der Waals surface area contributed by atoms with Crippen LogP contribution in [0.3, 0.4) is 0 Å². The zero-order valence-electron chi connectivity index (χ0n) is 14.1. The van der Waals surface area contributed by atoms with Crippen molar-refractivity contribution < 1.29 is 9.84 Å². The van der Waals surface area contributed by atoms with Crippen molar-refractivity contribution in [3.63, 3.8) is 0 Å². The van der Waals surface area contributed by atoms with Crippen LogP contribution in [0.5, 0.6) is 5.88 Å². The normalized spacial score (nSPS) is 12.3. The highest BCUT2D eigenvalue weighted by molar-refractivity contribution is 5.71. The van der Waals surface area contributed by atoms with Gasteiger partial charge in [-0.1, -0.05) is 18.2 Å². The number of aliphatic hydroxyl groups excluding tert-OH is 1. The third-order valence-corrected chi connectivity index (χ3v) is 4.03. The Morgan fingerprint density at radius 3 is 2.50 bits per heavy atom. The van der Waals surface area contributed by atoms with Crippen LogP contribution in [0.4, 0.5) is 0 Å². The van der Waals surface area contributed by atoms with Crippen LogP contribution >= 0.6 is 0 Å². The van der Waals surface area contributed by atoms with Crippen LogP contribution in [0, 0.1) is 27.7 Å². The molecular weight excluding hydrogens is 274 g/mol. The van der Waals surface area contributed by atoms with Crippen LogP contribution < -0.4 is 4.74 Å². The predicted octanol–water partition coefficient (Wildman–Crippen LogP) is 4.13. The van der Waals surface area contributed by atoms with Gasteiger partial charge >= 0.3 is 0 Å². The van der Waals surface area contributed by atoms with Crippen LogP contribution in [0.2, 0.25) is 0 Å². The number of benzene rings is 1. The van der Waals surface area contributed by atoms with E-state index in [0.717, 1.165) is 16.8 Å². The van der Waals surface area contributed by atoms with E-state index in [9.17, 15) is 5.11 Å². The molecule has 0 aliphatic rings. The van der Waals surface area contributed by atoms with E-state index in [1.54, 1.807) is 6.92 Å². The van der Waals surface area contributed by atoms with E-state index in [-0.39, 0.29) is 6.10 Å². The third-order valence-electron chi connectivity index (χ3n) is 4.03. The van der Waals surface area contributed by atoms with Crippen molar-refractivity contribution in [1.82, 2.24) is 4.98 Å². The molecule has 0 fully saturated rings. The van der Waals surface area contributed by atoms with Gasteiger partial charge in [0.05, 0.1) is 12.7 Å². The second kappa shape index (κ2) is 6.93. The Labute approximate surface area is 133 Å². The van der Waals surface area contributed by atoms with Gasteiger partial charge in [0.1, 0.15) is 0 Å². The fraction of sp³-hybridized carbons (Fsp3) is 0.421. The highest BCUT2D eigenvalue weighted by Gasteiger charge is 2.12. The Bertz CT molecular complexity index is 663. The number of hydrogen-bond donors (Lipinski definition) is 1. The summed E-state index contributed by atoms with van der Waals surface area (Å²) < 4.78 is 5.70. The van der Waals surface area contributed by atoms with Crippen molar-refractivity contribution in [1.29, 1.82) is 0 Å². The molecule has 0 aliphatic carbocycles. The molecule has 1 atom stereocenters. The Balaban J connectivity index is 2.32. The lowest BCUT2D eigenvalue weighted by atomic mass is 9.95. The van der Waals surface area contributed by atoms with Crippen molar-refractivity contribution >= 4 is 0 Å². The summed E-state index contributed by atoms with van der Waals surface area (Å²) >= 11 is 0. The van der Waals surface area contributed by atoms with Crippen LogP contribution in [0.15, 0.2) is 24.3 Å². The molecule has 0 radical (unpaired) electrons. The Hall–Kier alpha value is -1.87. The Morgan fingerprint density at radius 2 is 1.82 bits per heavy atom. The first-order valence-electron chi connectivity index (χ1n) is 7.76. The Morgan fingerprint density at radius 1 is 1.09 bits per heavy atom. The summed E-state index contributed by atoms with van der Waals surface area (Å²) in [6.45, 7) is 10.5. The van der Waals surface area contributed by atoms with E-state index < -0.39 is 0 Å². The van der Waals surface area contributed by atoms with E-state index in [2.05, 4.69) is 43.1 Å². The van der Waals surface area contributed by atoms with Gasteiger partial charge in [0.15, 0.2) is 0 Å². The van der Waals surface area contributed by atoms with Gasteiger partial charge in [0.25, 0.3) is 0 Å². The topological polar surface area (TPSA) is 42.4 Å². The molecule has 2 rings (SSSR count). The van der Waals surface area contributed by atoms with Gasteiger partial charge in [0.2, 0.25) is 5.88 Å². The lowest BCUT2D eigenvalue weighted by Crippen LogP contribution is -2.09. The average molecular weight is 299 g/mol. The Kier molecular flexibility index (Phi) is 5.19. The van der Waals surface area contributed by atoms with Crippen molar-refractivity contribution in [3.05, 3.63) is 46.6 Å². The smallest absolute Gasteiger partial charge is 0.216 e. The SMILES string of the molecule is Cc1cc(-c2cccc(C)c2C)c(C)nc1OCC[C@@H](C)O. The molecule has 3 heteroatoms. The molecule has 0 amide bonds. The van der Waals surface area contributed by atoms with Crippen molar-refractivity contribution in [3.8, 4) is 17.0 Å². The predicted molar refractivity (Wildman–Crippen MR) is 90.4 cm³/mol. The molecule has 1 aromatic heterocycles. The standard InChI is InChI=1S/C19H25NO2/c1-12-7-6-8-17(15(12)4)18-11-13(2)19(20-16(18)5)22-10-9-14(3)21/h6-8,11,14,21H,9-10H2,1-5H3/t14-/m1/s1. The first kappa shape index (κ1) is 16.5. The molecule has 118 valence electrons. The van der Waals surface area contributed by atoms with Gasteiger partial charge in [-0.05, 0) is 57.4 Å². The molecule has 1 N–H and O–H groups in total. The molecule has 0 unspecified atom stereocenters. The summed E-state index contributed by atoms with van der Waals surface area (Å²) in [6, 6.07) is 8.49. The van der Waals surface area contributed by atoms with E-state index >= 15 is 0 Å². The third kappa shape index (κ3) is 3.66. The molecule has 1 aromatic carbocycles. The van der Waals surface area contributed by atoms with Crippen LogP contribution in [-0.2, 0) is 0 Å². The fourth-order valence-electron chi connectivity index (χ4n) is 2.47. The van der Waals surface area contributed by atoms with Crippen LogP contribution in [0.25, 0.3) is 11.1 Å². The van der Waals surface area contributed by atoms with Crippen LogP contribution in [0.1, 0.15) is 35.7 Å². The summed E-state index contributed by atoms with van der Waals surface area (Å²) in [5, 5.41) is 9.30. The molecule has 0 saturated carbocycles. The molecule has 2 aromatic rings. The molecule has 0 aliphatic heterocycles. The van der Waals surface area contributed by atoms with E-state index in [4.69, 9.17) is 4.74 Å². The van der Waals surface area contributed by atoms with Gasteiger partial charge in [-0.25, -0.2) is 4.98 Å². The first-order valence-corrected chi connectivity index (χ1v) is 7.76. The first-order chi connectivity index (χ1) is 10.4. The number of aromatic nitrogens is 1. The van der Waals surface area contributed by atoms with Crippen molar-refractivity contribution in [2.24, 2.45) is 0 Å². The summed E-state index contributed by atoms with van der Waals surface area (Å²) in [5.74, 6) is 0.659. The quantitative estimate of drug-likeness (QED) is 0.902. The maximum atomic E-state index is 9.30. The highest BCUT2D eigenvalue weighted by atomic mass is 16.5. The minimum atomic E-state index is -0.351. The molecule has 0 saturated heterocycles. The average Bonchev–Trinajstić information content (AvgIpc) is 2.45. The van der Waals surface area contributed by atoms with Gasteiger partial charge in [-0.2, -0.15) is 0 Å². The highest BCUT2D eigenvalue weighted by Crippen LogP contribution is 2.30. The number of ether oxygens (including phenoxy) is 1. The van der Waals surface area contributed by atoms with E-state index in [1.807, 2.05) is 13.8 Å². The van der Waals surface area contributed by atoms with Crippen LogP contribution in [-0.4, -0.2) is 22.8 Å². The van der Waals surface area contributed by atoms with Crippen molar-refractivity contribution in [2.45, 2.75) is 47.1 Å². The molecule has 0 bridgehead atoms. The molecular formula is C19H25NO2. The molecule has 3 nitrogen and oxygen atoms in total. The maximum Gasteiger partial charge on any atom is 0.216 e. The van der Waals surface area contributed by atoms with Gasteiger partial charge < -0.3 is 9.84 Å². The van der Waals surface area contributed by atoms with Crippen molar-refractivity contribution in [2.75, 3.05) is 6.61 Å². The molecule has 1 heterocycles. The zero-order chi connectivity index (χ0) is 16.3. The number of aliphatic hydroxyl groups is 1.